The molecule has 1 aromatic rings. The SMILES string of the molecule is Cc1ncc([N+](=O)[O-])n1CCOP(=O)([O-])[O-].[Na+].[Na+]. The van der Waals surface area contributed by atoms with Crippen molar-refractivity contribution in [3.05, 3.63) is 22.1 Å². The zero-order chi connectivity index (χ0) is 12.3. The van der Waals surface area contributed by atoms with Crippen LogP contribution in [0.1, 0.15) is 5.82 Å². The van der Waals surface area contributed by atoms with Gasteiger partial charge in [0.25, 0.3) is 0 Å². The first-order valence-electron chi connectivity index (χ1n) is 4.14. The van der Waals surface area contributed by atoms with Gasteiger partial charge in [-0.25, -0.2) is 9.55 Å². The summed E-state index contributed by atoms with van der Waals surface area (Å²) in [4.78, 5) is 33.9. The average Bonchev–Trinajstić information content (AvgIpc) is 2.46. The van der Waals surface area contributed by atoms with Gasteiger partial charge in [0, 0.05) is 6.92 Å². The Morgan fingerprint density at radius 2 is 2.06 bits per heavy atom. The molecule has 0 aromatic carbocycles. The molecule has 18 heavy (non-hydrogen) atoms. The minimum Gasteiger partial charge on any atom is -0.790 e. The predicted molar refractivity (Wildman–Crippen MR) is 47.2 cm³/mol. The van der Waals surface area contributed by atoms with Crippen LogP contribution in [0.5, 0.6) is 0 Å². The molecule has 12 heteroatoms. The van der Waals surface area contributed by atoms with Crippen molar-refractivity contribution in [1.82, 2.24) is 9.55 Å². The maximum absolute atomic E-state index is 10.5. The topological polar surface area (TPSA) is 133 Å². The van der Waals surface area contributed by atoms with Crippen LogP contribution in [-0.2, 0) is 15.6 Å². The fraction of sp³-hybridized carbons (Fsp3) is 0.500. The van der Waals surface area contributed by atoms with Crippen molar-refractivity contribution in [2.45, 2.75) is 13.5 Å². The van der Waals surface area contributed by atoms with E-state index in [1.807, 2.05) is 0 Å². The van der Waals surface area contributed by atoms with E-state index >= 15 is 0 Å². The number of aryl methyl sites for hydroxylation is 1. The Labute approximate surface area is 147 Å². The van der Waals surface area contributed by atoms with Gasteiger partial charge < -0.3 is 29.0 Å². The summed E-state index contributed by atoms with van der Waals surface area (Å²) in [6.07, 6.45) is 1.04. The van der Waals surface area contributed by atoms with E-state index in [1.165, 1.54) is 6.92 Å². The monoisotopic (exact) mass is 295 g/mol. The maximum atomic E-state index is 10.5. The largest absolute Gasteiger partial charge is 1.00 e. The van der Waals surface area contributed by atoms with Crippen LogP contribution < -0.4 is 68.9 Å². The zero-order valence-corrected chi connectivity index (χ0v) is 15.1. The Kier molecular flexibility index (Phi) is 10.3. The minimum absolute atomic E-state index is 0. The van der Waals surface area contributed by atoms with Crippen molar-refractivity contribution in [1.29, 1.82) is 0 Å². The van der Waals surface area contributed by atoms with E-state index in [2.05, 4.69) is 9.51 Å². The van der Waals surface area contributed by atoms with E-state index < -0.39 is 19.4 Å². The third-order valence-corrected chi connectivity index (χ3v) is 2.28. The Bertz CT molecular complexity index is 447. The molecular weight excluding hydrogens is 287 g/mol. The van der Waals surface area contributed by atoms with Crippen molar-refractivity contribution >= 4 is 13.6 Å². The molecule has 0 unspecified atom stereocenters. The fourth-order valence-corrected chi connectivity index (χ4v) is 1.43. The molecule has 0 bridgehead atoms. The molecule has 1 aromatic heterocycles. The molecule has 9 nitrogen and oxygen atoms in total. The molecule has 0 spiro atoms. The van der Waals surface area contributed by atoms with Gasteiger partial charge in [-0.1, -0.05) is 0 Å². The molecule has 1 rings (SSSR count). The molecule has 0 N–H and O–H groups in total. The third-order valence-electron chi connectivity index (χ3n) is 1.79. The first-order valence-corrected chi connectivity index (χ1v) is 5.60. The summed E-state index contributed by atoms with van der Waals surface area (Å²) in [5.74, 6) is 0.0506. The van der Waals surface area contributed by atoms with Crippen LogP contribution in [-0.4, -0.2) is 21.1 Å². The van der Waals surface area contributed by atoms with Crippen LogP contribution in [0.3, 0.4) is 0 Å². The molecule has 0 radical (unpaired) electrons. The molecule has 0 aliphatic carbocycles. The van der Waals surface area contributed by atoms with Crippen LogP contribution >= 0.6 is 7.82 Å². The van der Waals surface area contributed by atoms with Gasteiger partial charge in [0.2, 0.25) is 0 Å². The number of nitrogens with zero attached hydrogens (tertiary/aromatic N) is 3. The van der Waals surface area contributed by atoms with Gasteiger partial charge in [-0.15, -0.1) is 0 Å². The quantitative estimate of drug-likeness (QED) is 0.228. The second-order valence-electron chi connectivity index (χ2n) is 2.85. The summed E-state index contributed by atoms with van der Waals surface area (Å²) >= 11 is 0. The normalized spacial score (nSPS) is 10.4. The number of nitro groups is 1. The molecule has 0 aliphatic heterocycles. The minimum atomic E-state index is -5.04. The number of hydrogen-bond acceptors (Lipinski definition) is 7. The van der Waals surface area contributed by atoms with Crippen molar-refractivity contribution in [3.63, 3.8) is 0 Å². The van der Waals surface area contributed by atoms with Crippen molar-refractivity contribution in [2.75, 3.05) is 6.61 Å². The fourth-order valence-electron chi connectivity index (χ4n) is 1.12. The van der Waals surface area contributed by atoms with Crippen LogP contribution in [0.25, 0.3) is 0 Å². The van der Waals surface area contributed by atoms with Gasteiger partial charge in [0.15, 0.2) is 5.82 Å². The summed E-state index contributed by atoms with van der Waals surface area (Å²) in [6.45, 7) is 0.930. The van der Waals surface area contributed by atoms with Crippen LogP contribution in [0.4, 0.5) is 5.82 Å². The van der Waals surface area contributed by atoms with Crippen LogP contribution in [0.15, 0.2) is 6.20 Å². The van der Waals surface area contributed by atoms with E-state index in [9.17, 15) is 24.5 Å². The van der Waals surface area contributed by atoms with E-state index in [0.29, 0.717) is 5.82 Å². The van der Waals surface area contributed by atoms with Gasteiger partial charge >= 0.3 is 64.9 Å². The van der Waals surface area contributed by atoms with Crippen molar-refractivity contribution in [2.24, 2.45) is 0 Å². The first-order chi connectivity index (χ1) is 7.31. The predicted octanol–water partition coefficient (Wildman–Crippen LogP) is -7.05. The number of aromatic nitrogens is 2. The number of phosphoric ester groups is 1. The van der Waals surface area contributed by atoms with Gasteiger partial charge in [0.1, 0.15) is 12.7 Å². The zero-order valence-electron chi connectivity index (χ0n) is 10.2. The number of hydrogen-bond donors (Lipinski definition) is 0. The van der Waals surface area contributed by atoms with E-state index in [-0.39, 0.29) is 71.5 Å². The van der Waals surface area contributed by atoms with E-state index in [1.54, 1.807) is 0 Å². The molecule has 0 saturated carbocycles. The van der Waals surface area contributed by atoms with Crippen molar-refractivity contribution < 1.29 is 82.9 Å². The van der Waals surface area contributed by atoms with Crippen molar-refractivity contribution in [3.8, 4) is 0 Å². The molecule has 90 valence electrons. The van der Waals surface area contributed by atoms with Gasteiger partial charge in [-0.05, 0) is 4.92 Å². The maximum Gasteiger partial charge on any atom is 1.00 e. The standard InChI is InChI=1S/C6H10N3O6P.2Na/c1-5-7-4-6(9(10)11)8(5)2-3-15-16(12,13)14;;/h4H,2-3H2,1H3,(H2,12,13,14);;/q;2*+1/p-2. The summed E-state index contributed by atoms with van der Waals surface area (Å²) in [5.41, 5.74) is 0. The average molecular weight is 295 g/mol. The smallest absolute Gasteiger partial charge is 0.790 e. The Morgan fingerprint density at radius 3 is 2.50 bits per heavy atom. The van der Waals surface area contributed by atoms with Gasteiger partial charge in [-0.2, -0.15) is 0 Å². The molecule has 1 heterocycles. The Morgan fingerprint density at radius 1 is 1.50 bits per heavy atom. The number of phosphoric acid groups is 1. The van der Waals surface area contributed by atoms with Gasteiger partial charge in [-0.3, -0.25) is 0 Å². The molecule has 0 amide bonds. The molecular formula is C6H8N3Na2O6P. The van der Waals surface area contributed by atoms with Gasteiger partial charge in [0.05, 0.1) is 14.4 Å². The molecule has 0 atom stereocenters. The summed E-state index contributed by atoms with van der Waals surface area (Å²) < 4.78 is 15.3. The summed E-state index contributed by atoms with van der Waals surface area (Å²) in [6, 6.07) is 0. The van der Waals surface area contributed by atoms with E-state index in [0.717, 1.165) is 10.8 Å². The second-order valence-corrected chi connectivity index (χ2v) is 4.01. The van der Waals surface area contributed by atoms with Crippen LogP contribution in [0, 0.1) is 17.0 Å². The van der Waals surface area contributed by atoms with E-state index in [4.69, 9.17) is 0 Å². The first kappa shape index (κ1) is 21.0. The molecule has 0 saturated heterocycles. The second kappa shape index (κ2) is 8.80. The number of rotatable bonds is 5. The third kappa shape index (κ3) is 6.76. The molecule has 0 fully saturated rings. The summed E-state index contributed by atoms with van der Waals surface area (Å²) in [7, 11) is -5.04. The Hall–Kier alpha value is 0.720. The Balaban J connectivity index is 0. The summed E-state index contributed by atoms with van der Waals surface area (Å²) in [5, 5.41) is 10.5. The number of imidazole rings is 1. The molecule has 0 aliphatic rings. The van der Waals surface area contributed by atoms with Crippen LogP contribution in [0.2, 0.25) is 0 Å².